The molecule has 0 aliphatic rings. The molecular weight excluding hydrogens is 140 g/mol. The first-order chi connectivity index (χ1) is 5.13. The van der Waals surface area contributed by atoms with Crippen molar-refractivity contribution >= 4 is 0 Å². The molecule has 64 valence electrons. The summed E-state index contributed by atoms with van der Waals surface area (Å²) in [6.45, 7) is 9.45. The molecule has 2 heteroatoms. The number of ether oxygens (including phenoxy) is 2. The van der Waals surface area contributed by atoms with Crippen LogP contribution in [0, 0.1) is 5.92 Å². The van der Waals surface area contributed by atoms with Crippen LogP contribution in [0.15, 0.2) is 24.4 Å². The zero-order valence-corrected chi connectivity index (χ0v) is 7.68. The Morgan fingerprint density at radius 2 is 2.00 bits per heavy atom. The Bertz CT molecular complexity index is 157. The summed E-state index contributed by atoms with van der Waals surface area (Å²) in [6, 6.07) is 0. The number of rotatable bonds is 4. The highest BCUT2D eigenvalue weighted by Crippen LogP contribution is 2.16. The van der Waals surface area contributed by atoms with E-state index < -0.39 is 0 Å². The van der Waals surface area contributed by atoms with Crippen molar-refractivity contribution in [2.45, 2.75) is 20.8 Å². The molecule has 0 bridgehead atoms. The van der Waals surface area contributed by atoms with Gasteiger partial charge in [-0.3, -0.25) is 0 Å². The van der Waals surface area contributed by atoms with Crippen LogP contribution in [0.4, 0.5) is 0 Å². The van der Waals surface area contributed by atoms with Gasteiger partial charge in [-0.1, -0.05) is 20.4 Å². The number of hydrogen-bond acceptors (Lipinski definition) is 2. The molecule has 0 fully saturated rings. The summed E-state index contributed by atoms with van der Waals surface area (Å²) >= 11 is 0. The number of allylic oxidation sites excluding steroid dienone is 2. The van der Waals surface area contributed by atoms with E-state index in [1.165, 1.54) is 6.26 Å². The van der Waals surface area contributed by atoms with Gasteiger partial charge < -0.3 is 9.47 Å². The van der Waals surface area contributed by atoms with Gasteiger partial charge in [-0.25, -0.2) is 0 Å². The van der Waals surface area contributed by atoms with Crippen LogP contribution in [-0.4, -0.2) is 7.11 Å². The van der Waals surface area contributed by atoms with Gasteiger partial charge in [0, 0.05) is 5.92 Å². The first kappa shape index (κ1) is 10.1. The highest BCUT2D eigenvalue weighted by atomic mass is 16.5. The molecule has 0 spiro atoms. The summed E-state index contributed by atoms with van der Waals surface area (Å²) < 4.78 is 10.2. The van der Waals surface area contributed by atoms with Gasteiger partial charge in [-0.2, -0.15) is 0 Å². The van der Waals surface area contributed by atoms with Crippen molar-refractivity contribution in [3.63, 3.8) is 0 Å². The highest BCUT2D eigenvalue weighted by molar-refractivity contribution is 5.02. The second kappa shape index (κ2) is 4.83. The Morgan fingerprint density at radius 3 is 2.27 bits per heavy atom. The van der Waals surface area contributed by atoms with Crippen molar-refractivity contribution in [2.75, 3.05) is 7.11 Å². The van der Waals surface area contributed by atoms with E-state index >= 15 is 0 Å². The molecule has 0 saturated carbocycles. The fourth-order valence-electron chi connectivity index (χ4n) is 0.816. The molecule has 2 nitrogen and oxygen atoms in total. The average molecular weight is 156 g/mol. The van der Waals surface area contributed by atoms with E-state index in [-0.39, 0.29) is 0 Å². The summed E-state index contributed by atoms with van der Waals surface area (Å²) in [5, 5.41) is 0. The van der Waals surface area contributed by atoms with E-state index in [0.717, 1.165) is 11.5 Å². The molecule has 0 aliphatic heterocycles. The van der Waals surface area contributed by atoms with Crippen molar-refractivity contribution in [3.8, 4) is 0 Å². The molecule has 0 aromatic rings. The lowest BCUT2D eigenvalue weighted by Crippen LogP contribution is -2.00. The molecule has 0 heterocycles. The first-order valence-electron chi connectivity index (χ1n) is 3.65. The zero-order valence-electron chi connectivity index (χ0n) is 7.68. The lowest BCUT2D eigenvalue weighted by molar-refractivity contribution is 0.223. The van der Waals surface area contributed by atoms with E-state index in [1.54, 1.807) is 7.11 Å². The quantitative estimate of drug-likeness (QED) is 0.582. The van der Waals surface area contributed by atoms with Gasteiger partial charge in [-0.15, -0.1) is 0 Å². The molecular formula is C9H16O2. The van der Waals surface area contributed by atoms with Gasteiger partial charge in [0.2, 0.25) is 0 Å². The third kappa shape index (κ3) is 3.12. The molecule has 0 aromatic carbocycles. The third-order valence-electron chi connectivity index (χ3n) is 1.39. The van der Waals surface area contributed by atoms with E-state index in [9.17, 15) is 0 Å². The van der Waals surface area contributed by atoms with Gasteiger partial charge in [0.15, 0.2) is 0 Å². The SMILES string of the molecule is C=CO/C(=C(/C)OC)C(C)C. The van der Waals surface area contributed by atoms with Gasteiger partial charge in [0.25, 0.3) is 0 Å². The molecule has 0 amide bonds. The summed E-state index contributed by atoms with van der Waals surface area (Å²) in [6.07, 6.45) is 1.41. The highest BCUT2D eigenvalue weighted by Gasteiger charge is 2.07. The van der Waals surface area contributed by atoms with E-state index in [2.05, 4.69) is 6.58 Å². The van der Waals surface area contributed by atoms with Crippen LogP contribution < -0.4 is 0 Å². The van der Waals surface area contributed by atoms with Crippen LogP contribution in [0.1, 0.15) is 20.8 Å². The molecule has 0 aromatic heterocycles. The van der Waals surface area contributed by atoms with Crippen LogP contribution in [0.5, 0.6) is 0 Å². The standard InChI is InChI=1S/C9H16O2/c1-6-11-9(7(2)3)8(4)10-5/h6-7H,1H2,2-5H3/b9-8-. The van der Waals surface area contributed by atoms with Crippen LogP contribution in [0.2, 0.25) is 0 Å². The second-order valence-electron chi connectivity index (χ2n) is 2.56. The maximum absolute atomic E-state index is 5.17. The Balaban J connectivity index is 4.42. The van der Waals surface area contributed by atoms with Crippen LogP contribution in [0.3, 0.4) is 0 Å². The van der Waals surface area contributed by atoms with E-state index in [4.69, 9.17) is 9.47 Å². The Labute approximate surface area is 68.5 Å². The summed E-state index contributed by atoms with van der Waals surface area (Å²) in [7, 11) is 1.63. The average Bonchev–Trinajstić information content (AvgIpc) is 1.98. The van der Waals surface area contributed by atoms with E-state index in [1.807, 2.05) is 20.8 Å². The molecule has 0 N–H and O–H groups in total. The molecule has 0 aliphatic carbocycles. The fraction of sp³-hybridized carbons (Fsp3) is 0.556. The Hall–Kier alpha value is -0.920. The Kier molecular flexibility index (Phi) is 4.42. The predicted octanol–water partition coefficient (Wildman–Crippen LogP) is 2.68. The summed E-state index contributed by atoms with van der Waals surface area (Å²) in [5.74, 6) is 1.97. The van der Waals surface area contributed by atoms with Crippen molar-refractivity contribution in [2.24, 2.45) is 5.92 Å². The second-order valence-corrected chi connectivity index (χ2v) is 2.56. The zero-order chi connectivity index (χ0) is 8.85. The van der Waals surface area contributed by atoms with Crippen LogP contribution in [-0.2, 0) is 9.47 Å². The summed E-state index contributed by atoms with van der Waals surface area (Å²) in [5.41, 5.74) is 0. The van der Waals surface area contributed by atoms with Gasteiger partial charge in [-0.05, 0) is 6.92 Å². The minimum Gasteiger partial charge on any atom is -0.498 e. The lowest BCUT2D eigenvalue weighted by Gasteiger charge is -2.12. The first-order valence-corrected chi connectivity index (χ1v) is 3.65. The smallest absolute Gasteiger partial charge is 0.143 e. The Morgan fingerprint density at radius 1 is 1.45 bits per heavy atom. The summed E-state index contributed by atoms with van der Waals surface area (Å²) in [4.78, 5) is 0. The molecule has 0 rings (SSSR count). The predicted molar refractivity (Wildman–Crippen MR) is 45.8 cm³/mol. The maximum Gasteiger partial charge on any atom is 0.143 e. The molecule has 0 saturated heterocycles. The van der Waals surface area contributed by atoms with Crippen LogP contribution in [0.25, 0.3) is 0 Å². The topological polar surface area (TPSA) is 18.5 Å². The molecule has 0 unspecified atom stereocenters. The monoisotopic (exact) mass is 156 g/mol. The largest absolute Gasteiger partial charge is 0.498 e. The molecule has 0 atom stereocenters. The number of methoxy groups -OCH3 is 1. The van der Waals surface area contributed by atoms with Crippen molar-refractivity contribution in [1.29, 1.82) is 0 Å². The minimum atomic E-state index is 0.327. The van der Waals surface area contributed by atoms with Gasteiger partial charge in [0.1, 0.15) is 11.5 Å². The third-order valence-corrected chi connectivity index (χ3v) is 1.39. The van der Waals surface area contributed by atoms with Crippen LogP contribution >= 0.6 is 0 Å². The van der Waals surface area contributed by atoms with Gasteiger partial charge >= 0.3 is 0 Å². The van der Waals surface area contributed by atoms with Crippen molar-refractivity contribution < 1.29 is 9.47 Å². The molecule has 11 heavy (non-hydrogen) atoms. The van der Waals surface area contributed by atoms with Crippen molar-refractivity contribution in [3.05, 3.63) is 24.4 Å². The normalized spacial score (nSPS) is 12.5. The lowest BCUT2D eigenvalue weighted by atomic mass is 10.1. The minimum absolute atomic E-state index is 0.327. The van der Waals surface area contributed by atoms with E-state index in [0.29, 0.717) is 5.92 Å². The van der Waals surface area contributed by atoms with Gasteiger partial charge in [0.05, 0.1) is 13.4 Å². The molecule has 0 radical (unpaired) electrons. The number of hydrogen-bond donors (Lipinski definition) is 0. The fourth-order valence-corrected chi connectivity index (χ4v) is 0.816. The van der Waals surface area contributed by atoms with Crippen molar-refractivity contribution in [1.82, 2.24) is 0 Å². The maximum atomic E-state index is 5.17.